The summed E-state index contributed by atoms with van der Waals surface area (Å²) >= 11 is 0. The van der Waals surface area contributed by atoms with E-state index in [1.165, 1.54) is 18.4 Å². The molecule has 0 rings (SSSR count). The van der Waals surface area contributed by atoms with Crippen LogP contribution >= 0.6 is 0 Å². The lowest BCUT2D eigenvalue weighted by atomic mass is 10.1. The first kappa shape index (κ1) is 8.48. The zero-order valence-electron chi connectivity index (χ0n) is 6.48. The van der Waals surface area contributed by atoms with Gasteiger partial charge in [-0.25, -0.2) is 0 Å². The summed E-state index contributed by atoms with van der Waals surface area (Å²) in [5.41, 5.74) is 1.48. The van der Waals surface area contributed by atoms with Crippen molar-refractivity contribution >= 4 is 0 Å². The Balaban J connectivity index is 3.17. The highest BCUT2D eigenvalue weighted by Crippen LogP contribution is 2.05. The molecule has 0 aromatic carbocycles. The van der Waals surface area contributed by atoms with Crippen molar-refractivity contribution in [3.63, 3.8) is 0 Å². The zero-order chi connectivity index (χ0) is 7.11. The molecule has 0 heteroatoms. The molecule has 0 nitrogen and oxygen atoms in total. The second-order valence-electron chi connectivity index (χ2n) is 2.32. The topological polar surface area (TPSA) is 0 Å². The smallest absolute Gasteiger partial charge is 0.0320 e. The van der Waals surface area contributed by atoms with Crippen LogP contribution in [-0.2, 0) is 0 Å². The SMILES string of the molecule is C=CCCC/C(C)=C/C. The Morgan fingerprint density at radius 1 is 1.56 bits per heavy atom. The quantitative estimate of drug-likeness (QED) is 0.398. The Labute approximate surface area is 58.3 Å². The van der Waals surface area contributed by atoms with E-state index in [-0.39, 0.29) is 0 Å². The van der Waals surface area contributed by atoms with Crippen molar-refractivity contribution < 1.29 is 0 Å². The van der Waals surface area contributed by atoms with Crippen molar-refractivity contribution in [3.05, 3.63) is 24.3 Å². The number of unbranched alkanes of at least 4 members (excludes halogenated alkanes) is 1. The molecule has 0 aromatic rings. The fourth-order valence-electron chi connectivity index (χ4n) is 0.670. The highest BCUT2D eigenvalue weighted by atomic mass is 13.9. The maximum atomic E-state index is 3.66. The molecule has 0 amide bonds. The normalized spacial score (nSPS) is 11.6. The summed E-state index contributed by atoms with van der Waals surface area (Å²) in [4.78, 5) is 0. The molecule has 0 fully saturated rings. The Morgan fingerprint density at radius 3 is 2.67 bits per heavy atom. The van der Waals surface area contributed by atoms with Crippen LogP contribution in [0.15, 0.2) is 24.3 Å². The van der Waals surface area contributed by atoms with E-state index in [2.05, 4.69) is 26.5 Å². The number of hydrogen-bond donors (Lipinski definition) is 0. The minimum Gasteiger partial charge on any atom is -0.103 e. The van der Waals surface area contributed by atoms with E-state index < -0.39 is 0 Å². The van der Waals surface area contributed by atoms with Gasteiger partial charge in [0, 0.05) is 0 Å². The van der Waals surface area contributed by atoms with Crippen LogP contribution in [-0.4, -0.2) is 0 Å². The molecule has 0 N–H and O–H groups in total. The molecule has 0 bridgehead atoms. The fourth-order valence-corrected chi connectivity index (χ4v) is 0.670. The number of hydrogen-bond acceptors (Lipinski definition) is 0. The molecule has 0 aromatic heterocycles. The molecule has 0 aliphatic carbocycles. The van der Waals surface area contributed by atoms with Gasteiger partial charge in [-0.1, -0.05) is 17.7 Å². The Hall–Kier alpha value is -0.520. The van der Waals surface area contributed by atoms with Gasteiger partial charge in [-0.2, -0.15) is 0 Å². The van der Waals surface area contributed by atoms with Gasteiger partial charge in [0.1, 0.15) is 0 Å². The molecule has 0 atom stereocenters. The molecular weight excluding hydrogens is 108 g/mol. The standard InChI is InChI=1S/C9H16/c1-4-6-7-8-9(3)5-2/h4-5H,1,6-8H2,2-3H3/b9-5+. The largest absolute Gasteiger partial charge is 0.103 e. The number of rotatable bonds is 4. The van der Waals surface area contributed by atoms with Crippen LogP contribution in [0.2, 0.25) is 0 Å². The molecule has 0 saturated heterocycles. The van der Waals surface area contributed by atoms with Gasteiger partial charge in [0.05, 0.1) is 0 Å². The van der Waals surface area contributed by atoms with E-state index >= 15 is 0 Å². The Morgan fingerprint density at radius 2 is 2.22 bits per heavy atom. The molecule has 0 aliphatic heterocycles. The van der Waals surface area contributed by atoms with Crippen LogP contribution in [0.5, 0.6) is 0 Å². The molecule has 0 aliphatic rings. The molecule has 9 heavy (non-hydrogen) atoms. The number of allylic oxidation sites excluding steroid dienone is 3. The maximum absolute atomic E-state index is 3.66. The van der Waals surface area contributed by atoms with Crippen LogP contribution in [0.25, 0.3) is 0 Å². The minimum absolute atomic E-state index is 1.14. The third-order valence-electron chi connectivity index (χ3n) is 1.47. The maximum Gasteiger partial charge on any atom is -0.0320 e. The third-order valence-corrected chi connectivity index (χ3v) is 1.47. The van der Waals surface area contributed by atoms with Crippen molar-refractivity contribution in [3.8, 4) is 0 Å². The van der Waals surface area contributed by atoms with Crippen molar-refractivity contribution in [1.82, 2.24) is 0 Å². The van der Waals surface area contributed by atoms with E-state index in [1.807, 2.05) is 6.08 Å². The van der Waals surface area contributed by atoms with Crippen molar-refractivity contribution in [2.45, 2.75) is 33.1 Å². The lowest BCUT2D eigenvalue weighted by Gasteiger charge is -1.95. The van der Waals surface area contributed by atoms with Crippen molar-refractivity contribution in [2.24, 2.45) is 0 Å². The lowest BCUT2D eigenvalue weighted by molar-refractivity contribution is 0.832. The second-order valence-corrected chi connectivity index (χ2v) is 2.32. The Kier molecular flexibility index (Phi) is 5.29. The van der Waals surface area contributed by atoms with Gasteiger partial charge in [-0.05, 0) is 33.1 Å². The minimum atomic E-state index is 1.14. The molecule has 0 unspecified atom stereocenters. The first-order chi connectivity index (χ1) is 4.31. The third kappa shape index (κ3) is 5.35. The predicted molar refractivity (Wildman–Crippen MR) is 43.5 cm³/mol. The van der Waals surface area contributed by atoms with E-state index in [0.717, 1.165) is 6.42 Å². The van der Waals surface area contributed by atoms with Gasteiger partial charge in [0.2, 0.25) is 0 Å². The van der Waals surface area contributed by atoms with Gasteiger partial charge in [-0.15, -0.1) is 6.58 Å². The van der Waals surface area contributed by atoms with Gasteiger partial charge >= 0.3 is 0 Å². The van der Waals surface area contributed by atoms with Gasteiger partial charge in [0.25, 0.3) is 0 Å². The molecule has 0 heterocycles. The second kappa shape index (κ2) is 5.61. The van der Waals surface area contributed by atoms with Gasteiger partial charge < -0.3 is 0 Å². The van der Waals surface area contributed by atoms with Gasteiger partial charge in [0.15, 0.2) is 0 Å². The molecule has 52 valence electrons. The average Bonchev–Trinajstić information content (AvgIpc) is 1.89. The highest BCUT2D eigenvalue weighted by molar-refractivity contribution is 4.95. The summed E-state index contributed by atoms with van der Waals surface area (Å²) < 4.78 is 0. The summed E-state index contributed by atoms with van der Waals surface area (Å²) in [5.74, 6) is 0. The lowest BCUT2D eigenvalue weighted by Crippen LogP contribution is -1.75. The molecule has 0 spiro atoms. The van der Waals surface area contributed by atoms with E-state index in [9.17, 15) is 0 Å². The van der Waals surface area contributed by atoms with Crippen LogP contribution in [0.4, 0.5) is 0 Å². The monoisotopic (exact) mass is 124 g/mol. The van der Waals surface area contributed by atoms with Gasteiger partial charge in [-0.3, -0.25) is 0 Å². The average molecular weight is 124 g/mol. The molecule has 0 radical (unpaired) electrons. The molecule has 0 saturated carbocycles. The van der Waals surface area contributed by atoms with E-state index in [1.54, 1.807) is 0 Å². The first-order valence-corrected chi connectivity index (χ1v) is 3.54. The van der Waals surface area contributed by atoms with Crippen LogP contribution in [0.3, 0.4) is 0 Å². The summed E-state index contributed by atoms with van der Waals surface area (Å²) in [6, 6.07) is 0. The van der Waals surface area contributed by atoms with Crippen molar-refractivity contribution in [1.29, 1.82) is 0 Å². The predicted octanol–water partition coefficient (Wildman–Crippen LogP) is 3.31. The van der Waals surface area contributed by atoms with Crippen LogP contribution < -0.4 is 0 Å². The summed E-state index contributed by atoms with van der Waals surface area (Å²) in [5, 5.41) is 0. The van der Waals surface area contributed by atoms with E-state index in [4.69, 9.17) is 0 Å². The van der Waals surface area contributed by atoms with Crippen molar-refractivity contribution in [2.75, 3.05) is 0 Å². The van der Waals surface area contributed by atoms with Crippen LogP contribution in [0, 0.1) is 0 Å². The summed E-state index contributed by atoms with van der Waals surface area (Å²) in [7, 11) is 0. The summed E-state index contributed by atoms with van der Waals surface area (Å²) in [6.45, 7) is 7.92. The molecular formula is C9H16. The highest BCUT2D eigenvalue weighted by Gasteiger charge is 1.85. The fraction of sp³-hybridized carbons (Fsp3) is 0.556. The Bertz CT molecular complexity index is 98.6. The first-order valence-electron chi connectivity index (χ1n) is 3.54. The summed E-state index contributed by atoms with van der Waals surface area (Å²) in [6.07, 6.45) is 7.76. The van der Waals surface area contributed by atoms with Crippen LogP contribution in [0.1, 0.15) is 33.1 Å². The zero-order valence-corrected chi connectivity index (χ0v) is 6.48. The van der Waals surface area contributed by atoms with E-state index in [0.29, 0.717) is 0 Å².